The Morgan fingerprint density at radius 3 is 2.39 bits per heavy atom. The Kier molecular flexibility index (Phi) is 6.01. The molecule has 3 rings (SSSR count). The van der Waals surface area contributed by atoms with Gasteiger partial charge in [-0.05, 0) is 36.2 Å². The van der Waals surface area contributed by atoms with Crippen LogP contribution in [-0.2, 0) is 6.54 Å². The number of benzene rings is 3. The van der Waals surface area contributed by atoms with E-state index in [0.29, 0.717) is 0 Å². The number of anilines is 1. The minimum Gasteiger partial charge on any atom is -0.505 e. The first-order valence-corrected chi connectivity index (χ1v) is 8.97. The molecule has 1 N–H and O–H groups in total. The van der Waals surface area contributed by atoms with Crippen molar-refractivity contribution in [2.45, 2.75) is 13.5 Å². The molecule has 0 atom stereocenters. The number of nitro benzene ring substituents is 1. The average molecular weight is 375 g/mol. The summed E-state index contributed by atoms with van der Waals surface area (Å²) in [6.45, 7) is 3.84. The van der Waals surface area contributed by atoms with Gasteiger partial charge in [0.1, 0.15) is 11.4 Å². The first-order chi connectivity index (χ1) is 13.6. The van der Waals surface area contributed by atoms with Gasteiger partial charge in [0.2, 0.25) is 0 Å². The first-order valence-electron chi connectivity index (χ1n) is 8.97. The van der Waals surface area contributed by atoms with Crippen LogP contribution in [-0.4, -0.2) is 22.8 Å². The number of non-ortho nitro benzene ring substituents is 1. The number of phenolic OH excluding ortho intramolecular Hbond substituents is 1. The molecule has 0 aliphatic rings. The van der Waals surface area contributed by atoms with Gasteiger partial charge in [-0.1, -0.05) is 42.5 Å². The third-order valence-electron chi connectivity index (χ3n) is 4.38. The van der Waals surface area contributed by atoms with E-state index in [1.165, 1.54) is 17.7 Å². The number of nitro groups is 1. The SMILES string of the molecule is CCN(Cc1ccccc1)c1ccc(C=Nc2ccc([N+](=O)[O-])cc2O)cc1. The molecule has 0 aliphatic heterocycles. The monoisotopic (exact) mass is 375 g/mol. The quantitative estimate of drug-likeness (QED) is 0.355. The maximum atomic E-state index is 10.7. The molecule has 0 spiro atoms. The summed E-state index contributed by atoms with van der Waals surface area (Å²) in [5.41, 5.74) is 3.36. The molecule has 0 heterocycles. The van der Waals surface area contributed by atoms with Crippen LogP contribution in [0.4, 0.5) is 17.1 Å². The van der Waals surface area contributed by atoms with E-state index in [2.05, 4.69) is 28.9 Å². The molecule has 0 amide bonds. The summed E-state index contributed by atoms with van der Waals surface area (Å²) in [6.07, 6.45) is 1.62. The Balaban J connectivity index is 1.71. The lowest BCUT2D eigenvalue weighted by Gasteiger charge is -2.23. The molecular weight excluding hydrogens is 354 g/mol. The van der Waals surface area contributed by atoms with Gasteiger partial charge >= 0.3 is 0 Å². The molecule has 142 valence electrons. The number of hydrogen-bond acceptors (Lipinski definition) is 5. The summed E-state index contributed by atoms with van der Waals surface area (Å²) in [5, 5.41) is 20.6. The zero-order valence-corrected chi connectivity index (χ0v) is 15.5. The maximum absolute atomic E-state index is 10.7. The van der Waals surface area contributed by atoms with Gasteiger partial charge in [-0.2, -0.15) is 0 Å². The molecule has 0 aliphatic carbocycles. The van der Waals surface area contributed by atoms with Crippen molar-refractivity contribution in [2.24, 2.45) is 4.99 Å². The van der Waals surface area contributed by atoms with Crippen molar-refractivity contribution in [1.82, 2.24) is 0 Å². The Hall–Kier alpha value is -3.67. The highest BCUT2D eigenvalue weighted by Gasteiger charge is 2.09. The first kappa shape index (κ1) is 19.1. The van der Waals surface area contributed by atoms with Crippen LogP contribution in [0.15, 0.2) is 77.8 Å². The van der Waals surface area contributed by atoms with Crippen LogP contribution in [0, 0.1) is 10.1 Å². The third-order valence-corrected chi connectivity index (χ3v) is 4.38. The highest BCUT2D eigenvalue weighted by Crippen LogP contribution is 2.30. The Morgan fingerprint density at radius 1 is 1.07 bits per heavy atom. The minimum absolute atomic E-state index is 0.168. The van der Waals surface area contributed by atoms with Crippen LogP contribution in [0.1, 0.15) is 18.1 Å². The van der Waals surface area contributed by atoms with Crippen molar-refractivity contribution in [3.8, 4) is 5.75 Å². The Morgan fingerprint density at radius 2 is 1.79 bits per heavy atom. The molecule has 3 aromatic rings. The van der Waals surface area contributed by atoms with Crippen molar-refractivity contribution in [3.63, 3.8) is 0 Å². The van der Waals surface area contributed by atoms with Crippen LogP contribution >= 0.6 is 0 Å². The van der Waals surface area contributed by atoms with Crippen molar-refractivity contribution >= 4 is 23.3 Å². The number of aliphatic imine (C=N–C) groups is 1. The smallest absolute Gasteiger partial charge is 0.273 e. The molecule has 0 unspecified atom stereocenters. The van der Waals surface area contributed by atoms with E-state index in [0.717, 1.165) is 30.4 Å². The van der Waals surface area contributed by atoms with Gasteiger partial charge < -0.3 is 10.0 Å². The van der Waals surface area contributed by atoms with Crippen LogP contribution in [0.25, 0.3) is 0 Å². The molecule has 6 nitrogen and oxygen atoms in total. The predicted molar refractivity (Wildman–Crippen MR) is 112 cm³/mol. The summed E-state index contributed by atoms with van der Waals surface area (Å²) >= 11 is 0. The summed E-state index contributed by atoms with van der Waals surface area (Å²) in [4.78, 5) is 16.7. The molecule has 0 fully saturated rings. The van der Waals surface area contributed by atoms with E-state index in [4.69, 9.17) is 0 Å². The maximum Gasteiger partial charge on any atom is 0.273 e. The standard InChI is InChI=1S/C22H21N3O3/c1-2-24(16-18-6-4-3-5-7-18)19-10-8-17(9-11-19)15-23-21-13-12-20(25(27)28)14-22(21)26/h3-15,26H,2,16H2,1H3. The molecular formula is C22H21N3O3. The summed E-state index contributed by atoms with van der Waals surface area (Å²) < 4.78 is 0. The van der Waals surface area contributed by atoms with Crippen LogP contribution in [0.3, 0.4) is 0 Å². The van der Waals surface area contributed by atoms with Gasteiger partial charge in [0.25, 0.3) is 5.69 Å². The van der Waals surface area contributed by atoms with Crippen molar-refractivity contribution in [2.75, 3.05) is 11.4 Å². The van der Waals surface area contributed by atoms with E-state index in [-0.39, 0.29) is 17.1 Å². The molecule has 0 saturated carbocycles. The van der Waals surface area contributed by atoms with Gasteiger partial charge in [-0.15, -0.1) is 0 Å². The van der Waals surface area contributed by atoms with Gasteiger partial charge in [-0.3, -0.25) is 15.1 Å². The highest BCUT2D eigenvalue weighted by molar-refractivity contribution is 5.83. The lowest BCUT2D eigenvalue weighted by Crippen LogP contribution is -2.21. The van der Waals surface area contributed by atoms with E-state index >= 15 is 0 Å². The molecule has 28 heavy (non-hydrogen) atoms. The minimum atomic E-state index is -0.555. The van der Waals surface area contributed by atoms with Gasteiger partial charge in [-0.25, -0.2) is 0 Å². The number of nitrogens with zero attached hydrogens (tertiary/aromatic N) is 3. The number of hydrogen-bond donors (Lipinski definition) is 1. The third kappa shape index (κ3) is 4.73. The molecule has 0 radical (unpaired) electrons. The Labute approximate surface area is 163 Å². The number of aromatic hydroxyl groups is 1. The van der Waals surface area contributed by atoms with Crippen molar-refractivity contribution in [1.29, 1.82) is 0 Å². The van der Waals surface area contributed by atoms with Crippen LogP contribution in [0.5, 0.6) is 5.75 Å². The number of rotatable bonds is 7. The topological polar surface area (TPSA) is 79.0 Å². The lowest BCUT2D eigenvalue weighted by molar-refractivity contribution is -0.384. The molecule has 0 saturated heterocycles. The van der Waals surface area contributed by atoms with E-state index in [9.17, 15) is 15.2 Å². The largest absolute Gasteiger partial charge is 0.505 e. The summed E-state index contributed by atoms with van der Waals surface area (Å²) in [6, 6.07) is 22.1. The fourth-order valence-corrected chi connectivity index (χ4v) is 2.84. The second-order valence-corrected chi connectivity index (χ2v) is 6.28. The fraction of sp³-hybridized carbons (Fsp3) is 0.136. The van der Waals surface area contributed by atoms with Crippen LogP contribution < -0.4 is 4.90 Å². The zero-order valence-electron chi connectivity index (χ0n) is 15.5. The van der Waals surface area contributed by atoms with E-state index < -0.39 is 4.92 Å². The zero-order chi connectivity index (χ0) is 19.9. The molecule has 0 bridgehead atoms. The van der Waals surface area contributed by atoms with E-state index in [1.807, 2.05) is 42.5 Å². The van der Waals surface area contributed by atoms with Crippen molar-refractivity contribution < 1.29 is 10.0 Å². The second-order valence-electron chi connectivity index (χ2n) is 6.28. The second kappa shape index (κ2) is 8.81. The highest BCUT2D eigenvalue weighted by atomic mass is 16.6. The number of phenols is 1. The molecule has 0 aromatic heterocycles. The van der Waals surface area contributed by atoms with Crippen molar-refractivity contribution in [3.05, 3.63) is 94.0 Å². The van der Waals surface area contributed by atoms with Gasteiger partial charge in [0.15, 0.2) is 0 Å². The summed E-state index contributed by atoms with van der Waals surface area (Å²) in [5.74, 6) is -0.220. The van der Waals surface area contributed by atoms with Crippen LogP contribution in [0.2, 0.25) is 0 Å². The van der Waals surface area contributed by atoms with E-state index in [1.54, 1.807) is 6.21 Å². The summed E-state index contributed by atoms with van der Waals surface area (Å²) in [7, 11) is 0. The van der Waals surface area contributed by atoms with Gasteiger partial charge in [0, 0.05) is 31.1 Å². The molecule has 3 aromatic carbocycles. The Bertz CT molecular complexity index is 970. The molecule has 6 heteroatoms. The normalized spacial score (nSPS) is 10.9. The average Bonchev–Trinajstić information content (AvgIpc) is 2.72. The van der Waals surface area contributed by atoms with Gasteiger partial charge in [0.05, 0.1) is 11.0 Å². The lowest BCUT2D eigenvalue weighted by atomic mass is 10.1. The predicted octanol–water partition coefficient (Wildman–Crippen LogP) is 5.08. The fourth-order valence-electron chi connectivity index (χ4n) is 2.84.